The number of hydrogen-bond acceptors (Lipinski definition) is 4. The molecule has 0 radical (unpaired) electrons. The SMILES string of the molecule is CC(=O)O.c1cc(N2CCNCC2)ccn1. The van der Waals surface area contributed by atoms with Gasteiger partial charge in [0.1, 0.15) is 0 Å². The summed E-state index contributed by atoms with van der Waals surface area (Å²) in [6.07, 6.45) is 3.69. The van der Waals surface area contributed by atoms with Gasteiger partial charge in [-0.1, -0.05) is 0 Å². The molecule has 0 spiro atoms. The van der Waals surface area contributed by atoms with E-state index in [2.05, 4.69) is 27.3 Å². The van der Waals surface area contributed by atoms with Gasteiger partial charge in [0.05, 0.1) is 0 Å². The number of pyridine rings is 1. The molecule has 0 unspecified atom stereocenters. The van der Waals surface area contributed by atoms with Gasteiger partial charge in [0.2, 0.25) is 0 Å². The second-order valence-electron chi connectivity index (χ2n) is 3.46. The van der Waals surface area contributed by atoms with Crippen molar-refractivity contribution in [2.75, 3.05) is 31.1 Å². The third-order valence-corrected chi connectivity index (χ3v) is 2.14. The minimum atomic E-state index is -0.833. The summed E-state index contributed by atoms with van der Waals surface area (Å²) in [6.45, 7) is 5.46. The van der Waals surface area contributed by atoms with Crippen LogP contribution < -0.4 is 10.2 Å². The van der Waals surface area contributed by atoms with Crippen LogP contribution in [0.25, 0.3) is 0 Å². The highest BCUT2D eigenvalue weighted by molar-refractivity contribution is 5.62. The molecule has 0 amide bonds. The number of hydrogen-bond donors (Lipinski definition) is 2. The Hall–Kier alpha value is -1.62. The summed E-state index contributed by atoms with van der Waals surface area (Å²) in [5.41, 5.74) is 1.28. The minimum absolute atomic E-state index is 0.833. The number of piperazine rings is 1. The first-order valence-electron chi connectivity index (χ1n) is 5.25. The lowest BCUT2D eigenvalue weighted by atomic mass is 10.3. The fourth-order valence-corrected chi connectivity index (χ4v) is 1.48. The summed E-state index contributed by atoms with van der Waals surface area (Å²) < 4.78 is 0. The Morgan fingerprint density at radius 2 is 1.88 bits per heavy atom. The molecule has 0 aromatic carbocycles. The van der Waals surface area contributed by atoms with Crippen molar-refractivity contribution in [2.24, 2.45) is 0 Å². The maximum absolute atomic E-state index is 9.00. The molecule has 2 heterocycles. The van der Waals surface area contributed by atoms with Gasteiger partial charge in [-0.2, -0.15) is 0 Å². The summed E-state index contributed by atoms with van der Waals surface area (Å²) in [6, 6.07) is 4.12. The largest absolute Gasteiger partial charge is 0.481 e. The van der Waals surface area contributed by atoms with Crippen LogP contribution in [0, 0.1) is 0 Å². The van der Waals surface area contributed by atoms with Crippen LogP contribution in [0.3, 0.4) is 0 Å². The van der Waals surface area contributed by atoms with Gasteiger partial charge in [-0.25, -0.2) is 0 Å². The highest BCUT2D eigenvalue weighted by Crippen LogP contribution is 2.11. The Balaban J connectivity index is 0.000000280. The molecule has 1 aromatic rings. The quantitative estimate of drug-likeness (QED) is 0.729. The van der Waals surface area contributed by atoms with Gasteiger partial charge in [-0.05, 0) is 12.1 Å². The lowest BCUT2D eigenvalue weighted by Gasteiger charge is -2.29. The van der Waals surface area contributed by atoms with Crippen molar-refractivity contribution in [2.45, 2.75) is 6.92 Å². The zero-order chi connectivity index (χ0) is 11.8. The first-order chi connectivity index (χ1) is 7.70. The molecule has 2 rings (SSSR count). The van der Waals surface area contributed by atoms with Gasteiger partial charge in [-0.3, -0.25) is 9.78 Å². The van der Waals surface area contributed by atoms with Crippen molar-refractivity contribution in [3.8, 4) is 0 Å². The number of carboxylic acids is 1. The molecule has 5 nitrogen and oxygen atoms in total. The Kier molecular flexibility index (Phi) is 5.28. The van der Waals surface area contributed by atoms with E-state index in [4.69, 9.17) is 9.90 Å². The number of nitrogens with zero attached hydrogens (tertiary/aromatic N) is 2. The van der Waals surface area contributed by atoms with Crippen LogP contribution in [0.4, 0.5) is 5.69 Å². The van der Waals surface area contributed by atoms with Gasteiger partial charge in [0.25, 0.3) is 5.97 Å². The Bertz CT molecular complexity index is 306. The number of aliphatic carboxylic acids is 1. The van der Waals surface area contributed by atoms with Gasteiger partial charge >= 0.3 is 0 Å². The second kappa shape index (κ2) is 6.79. The van der Waals surface area contributed by atoms with Crippen molar-refractivity contribution >= 4 is 11.7 Å². The van der Waals surface area contributed by atoms with Gasteiger partial charge in [0, 0.05) is 51.2 Å². The molecule has 0 aliphatic carbocycles. The first kappa shape index (κ1) is 12.4. The van der Waals surface area contributed by atoms with Crippen LogP contribution in [-0.4, -0.2) is 42.2 Å². The van der Waals surface area contributed by atoms with Crippen LogP contribution in [0.1, 0.15) is 6.92 Å². The maximum Gasteiger partial charge on any atom is 0.300 e. The Morgan fingerprint density at radius 3 is 2.38 bits per heavy atom. The van der Waals surface area contributed by atoms with Gasteiger partial charge < -0.3 is 15.3 Å². The van der Waals surface area contributed by atoms with Crippen molar-refractivity contribution in [1.82, 2.24) is 10.3 Å². The van der Waals surface area contributed by atoms with E-state index in [1.165, 1.54) is 5.69 Å². The molecule has 1 fully saturated rings. The molecule has 16 heavy (non-hydrogen) atoms. The zero-order valence-corrected chi connectivity index (χ0v) is 9.39. The molecule has 1 aliphatic heterocycles. The Morgan fingerprint density at radius 1 is 1.38 bits per heavy atom. The normalized spacial score (nSPS) is 14.9. The number of anilines is 1. The van der Waals surface area contributed by atoms with Gasteiger partial charge in [0.15, 0.2) is 0 Å². The predicted molar refractivity (Wildman–Crippen MR) is 62.6 cm³/mol. The number of aromatic nitrogens is 1. The van der Waals surface area contributed by atoms with Gasteiger partial charge in [-0.15, -0.1) is 0 Å². The monoisotopic (exact) mass is 223 g/mol. The molecule has 1 saturated heterocycles. The molecule has 1 aliphatic rings. The average Bonchev–Trinajstić information content (AvgIpc) is 2.31. The van der Waals surface area contributed by atoms with Crippen LogP contribution in [-0.2, 0) is 4.79 Å². The maximum atomic E-state index is 9.00. The standard InChI is InChI=1S/C9H13N3.C2H4O2/c1-3-10-4-2-9(1)12-7-5-11-6-8-12;1-2(3)4/h1-4,11H,5-8H2;1H3,(H,3,4). The highest BCUT2D eigenvalue weighted by atomic mass is 16.4. The third kappa shape index (κ3) is 4.75. The second-order valence-corrected chi connectivity index (χ2v) is 3.46. The van der Waals surface area contributed by atoms with Crippen molar-refractivity contribution in [3.05, 3.63) is 24.5 Å². The number of carboxylic acid groups (broad SMARTS) is 1. The summed E-state index contributed by atoms with van der Waals surface area (Å²) >= 11 is 0. The molecule has 0 bridgehead atoms. The number of carbonyl (C=O) groups is 1. The van der Waals surface area contributed by atoms with E-state index >= 15 is 0 Å². The van der Waals surface area contributed by atoms with Crippen LogP contribution in [0.2, 0.25) is 0 Å². The molecule has 2 N–H and O–H groups in total. The predicted octanol–water partition coefficient (Wildman–Crippen LogP) is 0.582. The first-order valence-corrected chi connectivity index (χ1v) is 5.25. The summed E-state index contributed by atoms with van der Waals surface area (Å²) in [7, 11) is 0. The average molecular weight is 223 g/mol. The van der Waals surface area contributed by atoms with Crippen LogP contribution in [0.5, 0.6) is 0 Å². The van der Waals surface area contributed by atoms with Crippen molar-refractivity contribution in [3.63, 3.8) is 0 Å². The molecular formula is C11H17N3O2. The van der Waals surface area contributed by atoms with E-state index in [1.807, 2.05) is 12.4 Å². The fourth-order valence-electron chi connectivity index (χ4n) is 1.48. The minimum Gasteiger partial charge on any atom is -0.481 e. The molecule has 1 aromatic heterocycles. The van der Waals surface area contributed by atoms with E-state index in [0.717, 1.165) is 33.1 Å². The van der Waals surface area contributed by atoms with Crippen molar-refractivity contribution in [1.29, 1.82) is 0 Å². The zero-order valence-electron chi connectivity index (χ0n) is 9.39. The summed E-state index contributed by atoms with van der Waals surface area (Å²) in [5.74, 6) is -0.833. The van der Waals surface area contributed by atoms with Crippen LogP contribution in [0.15, 0.2) is 24.5 Å². The fraction of sp³-hybridized carbons (Fsp3) is 0.455. The van der Waals surface area contributed by atoms with E-state index < -0.39 is 5.97 Å². The highest BCUT2D eigenvalue weighted by Gasteiger charge is 2.08. The van der Waals surface area contributed by atoms with Crippen LogP contribution >= 0.6 is 0 Å². The molecule has 88 valence electrons. The summed E-state index contributed by atoms with van der Waals surface area (Å²) in [5, 5.41) is 10.7. The summed E-state index contributed by atoms with van der Waals surface area (Å²) in [4.78, 5) is 15.4. The lowest BCUT2D eigenvalue weighted by molar-refractivity contribution is -0.134. The smallest absolute Gasteiger partial charge is 0.300 e. The molecule has 5 heteroatoms. The molecular weight excluding hydrogens is 206 g/mol. The molecule has 0 saturated carbocycles. The van der Waals surface area contributed by atoms with E-state index in [9.17, 15) is 0 Å². The topological polar surface area (TPSA) is 65.5 Å². The lowest BCUT2D eigenvalue weighted by Crippen LogP contribution is -2.43. The molecule has 0 atom stereocenters. The van der Waals surface area contributed by atoms with E-state index in [1.54, 1.807) is 0 Å². The van der Waals surface area contributed by atoms with E-state index in [-0.39, 0.29) is 0 Å². The van der Waals surface area contributed by atoms with E-state index in [0.29, 0.717) is 0 Å². The number of nitrogens with one attached hydrogen (secondary N) is 1. The third-order valence-electron chi connectivity index (χ3n) is 2.14. The number of rotatable bonds is 1. The van der Waals surface area contributed by atoms with Crippen molar-refractivity contribution < 1.29 is 9.90 Å². The Labute approximate surface area is 95.1 Å².